The fourth-order valence-corrected chi connectivity index (χ4v) is 3.55. The van der Waals surface area contributed by atoms with E-state index in [9.17, 15) is 18.0 Å². The summed E-state index contributed by atoms with van der Waals surface area (Å²) >= 11 is 0. The number of ether oxygens (including phenoxy) is 1. The molecule has 0 unspecified atom stereocenters. The number of hydrogen-bond donors (Lipinski definition) is 2. The van der Waals surface area contributed by atoms with Gasteiger partial charge in [-0.15, -0.1) is 0 Å². The van der Waals surface area contributed by atoms with Gasteiger partial charge in [-0.2, -0.15) is 5.26 Å². The minimum absolute atomic E-state index is 0.150. The summed E-state index contributed by atoms with van der Waals surface area (Å²) in [5, 5.41) is 12.5. The molecule has 0 spiro atoms. The van der Waals surface area contributed by atoms with Crippen molar-refractivity contribution in [1.29, 1.82) is 5.26 Å². The highest BCUT2D eigenvalue weighted by Crippen LogP contribution is 2.14. The molecule has 0 atom stereocenters. The zero-order valence-corrected chi connectivity index (χ0v) is 18.1. The molecule has 3 rings (SSSR count). The van der Waals surface area contributed by atoms with Gasteiger partial charge in [-0.3, -0.25) is 9.52 Å². The molecule has 0 saturated carbocycles. The van der Waals surface area contributed by atoms with Crippen LogP contribution in [0.1, 0.15) is 21.5 Å². The first kappa shape index (κ1) is 23.2. The van der Waals surface area contributed by atoms with Crippen LogP contribution in [-0.4, -0.2) is 26.9 Å². The molecule has 9 heteroatoms. The Morgan fingerprint density at radius 1 is 0.939 bits per heavy atom. The highest BCUT2D eigenvalue weighted by molar-refractivity contribution is 7.95. The number of rotatable bonds is 8. The van der Waals surface area contributed by atoms with Crippen LogP contribution in [0.5, 0.6) is 0 Å². The summed E-state index contributed by atoms with van der Waals surface area (Å²) in [6.07, 6.45) is 1.47. The summed E-state index contributed by atoms with van der Waals surface area (Å²) in [5.41, 5.74) is 1.95. The number of carbonyl (C=O) groups is 2. The van der Waals surface area contributed by atoms with E-state index in [2.05, 4.69) is 10.0 Å². The second-order valence-electron chi connectivity index (χ2n) is 6.75. The molecule has 0 saturated heterocycles. The Hall–Kier alpha value is -4.42. The summed E-state index contributed by atoms with van der Waals surface area (Å²) in [4.78, 5) is 24.1. The van der Waals surface area contributed by atoms with Crippen LogP contribution in [0.15, 0.2) is 84.3 Å². The summed E-state index contributed by atoms with van der Waals surface area (Å²) in [7, 11) is -3.74. The molecule has 3 aromatic carbocycles. The zero-order valence-electron chi connectivity index (χ0n) is 17.3. The monoisotopic (exact) mass is 461 g/mol. The Bertz CT molecular complexity index is 1310. The highest BCUT2D eigenvalue weighted by Gasteiger charge is 2.12. The van der Waals surface area contributed by atoms with Crippen molar-refractivity contribution < 1.29 is 22.7 Å². The lowest BCUT2D eigenvalue weighted by Gasteiger charge is -2.08. The molecule has 0 fully saturated rings. The number of nitriles is 1. The van der Waals surface area contributed by atoms with Crippen molar-refractivity contribution in [3.63, 3.8) is 0 Å². The van der Waals surface area contributed by atoms with E-state index in [1.54, 1.807) is 42.5 Å². The molecule has 0 aliphatic carbocycles. The van der Waals surface area contributed by atoms with E-state index >= 15 is 0 Å². The Labute approximate surface area is 191 Å². The first-order valence-electron chi connectivity index (χ1n) is 9.68. The van der Waals surface area contributed by atoms with E-state index in [4.69, 9.17) is 10.00 Å². The number of carbonyl (C=O) groups excluding carboxylic acids is 2. The second kappa shape index (κ2) is 10.7. The van der Waals surface area contributed by atoms with Crippen molar-refractivity contribution >= 4 is 39.4 Å². The van der Waals surface area contributed by atoms with Gasteiger partial charge in [0.2, 0.25) is 0 Å². The molecule has 0 radical (unpaired) electrons. The van der Waals surface area contributed by atoms with Crippen LogP contribution in [0.2, 0.25) is 0 Å². The van der Waals surface area contributed by atoms with Crippen molar-refractivity contribution in [2.75, 3.05) is 16.6 Å². The molecule has 166 valence electrons. The fourth-order valence-electron chi connectivity index (χ4n) is 2.68. The van der Waals surface area contributed by atoms with Crippen molar-refractivity contribution in [3.8, 4) is 6.07 Å². The molecular formula is C24H19N3O5S. The first-order chi connectivity index (χ1) is 15.8. The molecule has 1 amide bonds. The number of hydrogen-bond acceptors (Lipinski definition) is 6. The van der Waals surface area contributed by atoms with Crippen molar-refractivity contribution in [2.45, 2.75) is 0 Å². The van der Waals surface area contributed by atoms with Crippen LogP contribution < -0.4 is 10.0 Å². The molecule has 8 nitrogen and oxygen atoms in total. The zero-order chi connectivity index (χ0) is 23.7. The third-order valence-corrected chi connectivity index (χ3v) is 5.24. The van der Waals surface area contributed by atoms with E-state index in [1.807, 2.05) is 12.1 Å². The quantitative estimate of drug-likeness (QED) is 0.492. The molecule has 3 aromatic rings. The van der Waals surface area contributed by atoms with Crippen molar-refractivity contribution in [3.05, 3.63) is 101 Å². The molecule has 33 heavy (non-hydrogen) atoms. The van der Waals surface area contributed by atoms with Gasteiger partial charge in [0.1, 0.15) is 0 Å². The Kier molecular flexibility index (Phi) is 7.57. The molecule has 0 heterocycles. The molecule has 0 bridgehead atoms. The lowest BCUT2D eigenvalue weighted by Crippen LogP contribution is -2.21. The van der Waals surface area contributed by atoms with E-state index in [-0.39, 0.29) is 11.3 Å². The average Bonchev–Trinajstić information content (AvgIpc) is 2.82. The van der Waals surface area contributed by atoms with Gasteiger partial charge in [0.05, 0.1) is 22.6 Å². The Balaban J connectivity index is 1.52. The molecular weight excluding hydrogens is 442 g/mol. The number of anilines is 2. The second-order valence-corrected chi connectivity index (χ2v) is 8.32. The molecule has 0 aliphatic rings. The minimum atomic E-state index is -3.74. The highest BCUT2D eigenvalue weighted by atomic mass is 32.2. The normalized spacial score (nSPS) is 10.9. The number of sulfonamides is 1. The van der Waals surface area contributed by atoms with E-state index in [0.717, 1.165) is 11.0 Å². The predicted octanol–water partition coefficient (Wildman–Crippen LogP) is 3.77. The lowest BCUT2D eigenvalue weighted by atomic mass is 10.2. The number of nitrogens with zero attached hydrogens (tertiary/aromatic N) is 1. The topological polar surface area (TPSA) is 125 Å². The summed E-state index contributed by atoms with van der Waals surface area (Å²) in [5.74, 6) is -1.30. The molecule has 0 aliphatic heterocycles. The number of amides is 1. The summed E-state index contributed by atoms with van der Waals surface area (Å²) in [6.45, 7) is -0.520. The number of benzene rings is 3. The molecule has 2 N–H and O–H groups in total. The van der Waals surface area contributed by atoms with Gasteiger partial charge >= 0.3 is 5.97 Å². The smallest absolute Gasteiger partial charge is 0.338 e. The van der Waals surface area contributed by atoms with Gasteiger partial charge in [0.15, 0.2) is 6.61 Å². The number of esters is 1. The van der Waals surface area contributed by atoms with Gasteiger partial charge in [-0.05, 0) is 54.1 Å². The van der Waals surface area contributed by atoms with E-state index in [1.165, 1.54) is 36.4 Å². The Morgan fingerprint density at radius 2 is 1.67 bits per heavy atom. The van der Waals surface area contributed by atoms with Crippen molar-refractivity contribution in [1.82, 2.24) is 0 Å². The largest absolute Gasteiger partial charge is 0.452 e. The maximum atomic E-state index is 12.2. The van der Waals surface area contributed by atoms with E-state index in [0.29, 0.717) is 11.3 Å². The van der Waals surface area contributed by atoms with E-state index < -0.39 is 28.5 Å². The maximum Gasteiger partial charge on any atom is 0.338 e. The predicted molar refractivity (Wildman–Crippen MR) is 125 cm³/mol. The van der Waals surface area contributed by atoms with Crippen LogP contribution in [0, 0.1) is 11.3 Å². The fraction of sp³-hybridized carbons (Fsp3) is 0.0417. The molecule has 0 aromatic heterocycles. The number of nitrogens with one attached hydrogen (secondary N) is 2. The van der Waals surface area contributed by atoms with Gasteiger partial charge in [0, 0.05) is 11.4 Å². The third kappa shape index (κ3) is 7.34. The summed E-state index contributed by atoms with van der Waals surface area (Å²) < 4.78 is 31.8. The Morgan fingerprint density at radius 3 is 2.36 bits per heavy atom. The van der Waals surface area contributed by atoms with Gasteiger partial charge in [-0.25, -0.2) is 13.2 Å². The van der Waals surface area contributed by atoms with Crippen LogP contribution in [-0.2, 0) is 19.6 Å². The lowest BCUT2D eigenvalue weighted by molar-refractivity contribution is -0.119. The minimum Gasteiger partial charge on any atom is -0.452 e. The van der Waals surface area contributed by atoms with Gasteiger partial charge in [-0.1, -0.05) is 36.4 Å². The third-order valence-electron chi connectivity index (χ3n) is 4.23. The van der Waals surface area contributed by atoms with Gasteiger partial charge in [0.25, 0.3) is 15.9 Å². The SMILES string of the molecule is N#Cc1cccc(NC(=O)COC(=O)c2ccc(NS(=O)(=O)/C=C/c3ccccc3)cc2)c1. The van der Waals surface area contributed by atoms with Crippen LogP contribution >= 0.6 is 0 Å². The van der Waals surface area contributed by atoms with Gasteiger partial charge < -0.3 is 10.1 Å². The van der Waals surface area contributed by atoms with Crippen molar-refractivity contribution in [2.24, 2.45) is 0 Å². The average molecular weight is 461 g/mol. The van der Waals surface area contributed by atoms with Crippen LogP contribution in [0.4, 0.5) is 11.4 Å². The summed E-state index contributed by atoms with van der Waals surface area (Å²) in [6, 6.07) is 22.9. The maximum absolute atomic E-state index is 12.2. The van der Waals surface area contributed by atoms with Crippen LogP contribution in [0.3, 0.4) is 0 Å². The first-order valence-corrected chi connectivity index (χ1v) is 11.2. The standard InChI is InChI=1S/C24H19N3O5S/c25-16-19-7-4-8-22(15-19)26-23(28)17-32-24(29)20-9-11-21(12-10-20)27-33(30,31)14-13-18-5-2-1-3-6-18/h1-15,27H,17H2,(H,26,28)/b14-13+. The van der Waals surface area contributed by atoms with Crippen LogP contribution in [0.25, 0.3) is 6.08 Å².